The second-order valence-electron chi connectivity index (χ2n) is 12.8. The van der Waals surface area contributed by atoms with Gasteiger partial charge in [-0.1, -0.05) is 6.92 Å². The van der Waals surface area contributed by atoms with Gasteiger partial charge in [-0.05, 0) is 32.6 Å². The second kappa shape index (κ2) is 25.6. The lowest BCUT2D eigenvalue weighted by atomic mass is 9.87. The molecule has 0 spiro atoms. The first kappa shape index (κ1) is 47.7. The summed E-state index contributed by atoms with van der Waals surface area (Å²) >= 11 is 0. The molecule has 17 heteroatoms. The number of amides is 1. The normalized spacial score (nSPS) is 16.5. The van der Waals surface area contributed by atoms with Crippen LogP contribution in [0.5, 0.6) is 0 Å². The molecule has 50 heavy (non-hydrogen) atoms. The Hall–Kier alpha value is -2.32. The molecule has 294 valence electrons. The Morgan fingerprint density at radius 1 is 0.620 bits per heavy atom. The zero-order chi connectivity index (χ0) is 38.2. The van der Waals surface area contributed by atoms with E-state index < -0.39 is 106 Å². The van der Waals surface area contributed by atoms with E-state index in [4.69, 9.17) is 23.7 Å². The van der Waals surface area contributed by atoms with Crippen LogP contribution in [0.25, 0.3) is 0 Å². The third-order valence-electron chi connectivity index (χ3n) is 8.72. The first-order valence-electron chi connectivity index (χ1n) is 16.8. The van der Waals surface area contributed by atoms with Gasteiger partial charge < -0.3 is 69.5 Å². The molecule has 1 amide bonds. The highest BCUT2D eigenvalue weighted by Crippen LogP contribution is 2.32. The zero-order valence-electron chi connectivity index (χ0n) is 30.0. The molecule has 8 N–H and O–H groups in total. The summed E-state index contributed by atoms with van der Waals surface area (Å²) in [5, 5.41) is 73.6. The number of hydrogen-bond donors (Lipinski definition) is 8. The molecule has 0 aliphatic carbocycles. The Kier molecular flexibility index (Phi) is 24.4. The molecule has 0 aromatic rings. The molecule has 0 aliphatic heterocycles. The minimum Gasteiger partial charge on any atom is -0.465 e. The van der Waals surface area contributed by atoms with Crippen LogP contribution in [0.15, 0.2) is 0 Å². The fourth-order valence-corrected chi connectivity index (χ4v) is 5.09. The fourth-order valence-electron chi connectivity index (χ4n) is 5.09. The van der Waals surface area contributed by atoms with Crippen molar-refractivity contribution in [3.8, 4) is 0 Å². The Morgan fingerprint density at radius 3 is 1.44 bits per heavy atom. The average Bonchev–Trinajstić information content (AvgIpc) is 3.14. The SMILES string of the molecule is CC[C@](CO)(CC(CO)COC(=O)CCC(C)=O)OC[C@](CO)(CC(CO)COC(=O)CCC(=O)NC)OC[C@](CO)(CC(CO)CO)OC. The number of ether oxygens (including phenoxy) is 5. The van der Waals surface area contributed by atoms with Crippen molar-refractivity contribution in [1.82, 2.24) is 5.32 Å². The molecule has 0 aromatic heterocycles. The van der Waals surface area contributed by atoms with E-state index in [9.17, 15) is 54.9 Å². The predicted octanol–water partition coefficient (Wildman–Crippen LogP) is -1.76. The molecule has 5 atom stereocenters. The summed E-state index contributed by atoms with van der Waals surface area (Å²) in [7, 11) is 2.73. The van der Waals surface area contributed by atoms with Gasteiger partial charge in [0.1, 0.15) is 17.0 Å². The highest BCUT2D eigenvalue weighted by molar-refractivity contribution is 5.81. The van der Waals surface area contributed by atoms with Crippen molar-refractivity contribution in [2.45, 2.75) is 82.0 Å². The number of Topliss-reactive ketones (excluding diaryl/α,β-unsaturated/α-hetero) is 1. The molecule has 0 saturated carbocycles. The van der Waals surface area contributed by atoms with Crippen molar-refractivity contribution in [3.05, 3.63) is 0 Å². The molecule has 0 aliphatic rings. The van der Waals surface area contributed by atoms with E-state index in [1.165, 1.54) is 21.1 Å². The number of esters is 2. The summed E-state index contributed by atoms with van der Waals surface area (Å²) in [4.78, 5) is 47.1. The van der Waals surface area contributed by atoms with Crippen molar-refractivity contribution < 1.29 is 78.6 Å². The van der Waals surface area contributed by atoms with E-state index in [1.54, 1.807) is 6.92 Å². The van der Waals surface area contributed by atoms with E-state index in [-0.39, 0.29) is 76.3 Å². The zero-order valence-corrected chi connectivity index (χ0v) is 30.0. The minimum atomic E-state index is -1.68. The summed E-state index contributed by atoms with van der Waals surface area (Å²) in [6.07, 6.45) is -0.456. The monoisotopic (exact) mass is 727 g/mol. The van der Waals surface area contributed by atoms with Gasteiger partial charge in [0.15, 0.2) is 0 Å². The van der Waals surface area contributed by atoms with Crippen molar-refractivity contribution >= 4 is 23.6 Å². The standard InChI is InChI=1S/C33H61NO16/c1-5-31(19-39,11-26(15-37)17-47-29(44)8-6-24(2)42)49-23-33(21-41,50-22-32(20-40,46-4)10-25(13-35)14-36)12-27(16-38)18-48-30(45)9-7-28(43)34-3/h25-27,35-41H,5-23H2,1-4H3,(H,34,43)/t26?,27?,31-,32-,33-/m1/s1. The molecule has 2 unspecified atom stereocenters. The van der Waals surface area contributed by atoms with E-state index >= 15 is 0 Å². The number of hydrogen-bond acceptors (Lipinski definition) is 16. The maximum absolute atomic E-state index is 12.3. The summed E-state index contributed by atoms with van der Waals surface area (Å²) in [6, 6.07) is 0. The molecule has 0 rings (SSSR count). The molecule has 0 heterocycles. The van der Waals surface area contributed by atoms with Gasteiger partial charge >= 0.3 is 11.9 Å². The lowest BCUT2D eigenvalue weighted by Crippen LogP contribution is -2.53. The van der Waals surface area contributed by atoms with Crippen LogP contribution in [0, 0.1) is 17.8 Å². The fraction of sp³-hybridized carbons (Fsp3) is 0.879. The topological polar surface area (TPSA) is 268 Å². The van der Waals surface area contributed by atoms with E-state index in [1.807, 2.05) is 0 Å². The first-order chi connectivity index (χ1) is 23.7. The van der Waals surface area contributed by atoms with Crippen LogP contribution in [0.2, 0.25) is 0 Å². The molecule has 0 fully saturated rings. The molecular weight excluding hydrogens is 666 g/mol. The van der Waals surface area contributed by atoms with Crippen LogP contribution in [0.4, 0.5) is 0 Å². The summed E-state index contributed by atoms with van der Waals surface area (Å²) in [6.45, 7) is -1.98. The summed E-state index contributed by atoms with van der Waals surface area (Å²) in [5.74, 6) is -4.06. The third-order valence-corrected chi connectivity index (χ3v) is 8.72. The van der Waals surface area contributed by atoms with E-state index in [2.05, 4.69) is 5.32 Å². The quantitative estimate of drug-likeness (QED) is 0.0368. The average molecular weight is 728 g/mol. The molecular formula is C33H61NO16. The van der Waals surface area contributed by atoms with E-state index in [0.717, 1.165) is 0 Å². The molecule has 0 radical (unpaired) electrons. The molecule has 0 bridgehead atoms. The second-order valence-corrected chi connectivity index (χ2v) is 12.8. The van der Waals surface area contributed by atoms with Gasteiger partial charge in [-0.2, -0.15) is 0 Å². The van der Waals surface area contributed by atoms with Crippen LogP contribution in [0.1, 0.15) is 65.2 Å². The molecule has 0 saturated heterocycles. The van der Waals surface area contributed by atoms with Gasteiger partial charge in [-0.25, -0.2) is 0 Å². The number of rotatable bonds is 31. The van der Waals surface area contributed by atoms with Crippen molar-refractivity contribution in [2.24, 2.45) is 17.8 Å². The summed E-state index contributed by atoms with van der Waals surface area (Å²) < 4.78 is 28.6. The van der Waals surface area contributed by atoms with Crippen molar-refractivity contribution in [3.63, 3.8) is 0 Å². The largest absolute Gasteiger partial charge is 0.465 e. The Bertz CT molecular complexity index is 969. The van der Waals surface area contributed by atoms with E-state index in [0.29, 0.717) is 0 Å². The number of nitrogens with one attached hydrogen (secondary N) is 1. The van der Waals surface area contributed by atoms with Crippen molar-refractivity contribution in [2.75, 3.05) is 86.8 Å². The lowest BCUT2D eigenvalue weighted by Gasteiger charge is -2.42. The minimum absolute atomic E-state index is 0.00228. The van der Waals surface area contributed by atoms with Crippen LogP contribution in [-0.2, 0) is 42.9 Å². The summed E-state index contributed by atoms with van der Waals surface area (Å²) in [5.41, 5.74) is -4.49. The van der Waals surface area contributed by atoms with Gasteiger partial charge in [-0.3, -0.25) is 14.4 Å². The Labute approximate surface area is 294 Å². The number of aliphatic hydroxyl groups is 7. The third kappa shape index (κ3) is 17.7. The van der Waals surface area contributed by atoms with Gasteiger partial charge in [0.05, 0.1) is 64.7 Å². The highest BCUT2D eigenvalue weighted by Gasteiger charge is 2.43. The van der Waals surface area contributed by atoms with Gasteiger partial charge in [0, 0.05) is 71.2 Å². The smallest absolute Gasteiger partial charge is 0.306 e. The van der Waals surface area contributed by atoms with Crippen LogP contribution >= 0.6 is 0 Å². The number of aliphatic hydroxyl groups excluding tert-OH is 7. The highest BCUT2D eigenvalue weighted by atomic mass is 16.6. The van der Waals surface area contributed by atoms with Gasteiger partial charge in [0.25, 0.3) is 0 Å². The predicted molar refractivity (Wildman–Crippen MR) is 176 cm³/mol. The van der Waals surface area contributed by atoms with Crippen molar-refractivity contribution in [1.29, 1.82) is 0 Å². The first-order valence-corrected chi connectivity index (χ1v) is 16.8. The molecule has 17 nitrogen and oxygen atoms in total. The lowest BCUT2D eigenvalue weighted by molar-refractivity contribution is -0.216. The van der Waals surface area contributed by atoms with Crippen LogP contribution in [-0.4, -0.2) is 163 Å². The maximum Gasteiger partial charge on any atom is 0.306 e. The number of methoxy groups -OCH3 is 1. The number of ketones is 1. The Morgan fingerprint density at radius 2 is 1.04 bits per heavy atom. The number of carbonyl (C=O) groups excluding carboxylic acids is 4. The molecule has 0 aromatic carbocycles. The van der Waals surface area contributed by atoms with Gasteiger partial charge in [0.2, 0.25) is 5.91 Å². The number of carbonyl (C=O) groups is 4. The van der Waals surface area contributed by atoms with Crippen LogP contribution in [0.3, 0.4) is 0 Å². The Balaban J connectivity index is 6.25. The van der Waals surface area contributed by atoms with Crippen LogP contribution < -0.4 is 5.32 Å². The van der Waals surface area contributed by atoms with Gasteiger partial charge in [-0.15, -0.1) is 0 Å². The maximum atomic E-state index is 12.3.